The van der Waals surface area contributed by atoms with E-state index in [1.165, 1.54) is 24.3 Å². The predicted octanol–water partition coefficient (Wildman–Crippen LogP) is 1.06. The zero-order valence-electron chi connectivity index (χ0n) is 7.59. The molecule has 88 valence electrons. The fourth-order valence-corrected chi connectivity index (χ4v) is 0.969. The van der Waals surface area contributed by atoms with Crippen LogP contribution in [0, 0.1) is 0 Å². The van der Waals surface area contributed by atoms with Crippen molar-refractivity contribution in [2.75, 3.05) is 0 Å². The zero-order chi connectivity index (χ0) is 12.0. The highest BCUT2D eigenvalue weighted by atomic mass is 32.2. The molecule has 1 aromatic carbocycles. The standard InChI is InChI=1S/C8H6F2O5S/c9-8(10,16-15-14-12)7(11)13-6-4-2-1-3-5-6/h1-5,12H/p-1. The maximum atomic E-state index is 12.8. The molecular weight excluding hydrogens is 246 g/mol. The largest absolute Gasteiger partial charge is 0.691 e. The van der Waals surface area contributed by atoms with Crippen LogP contribution in [0.2, 0.25) is 0 Å². The van der Waals surface area contributed by atoms with Gasteiger partial charge in [-0.25, -0.2) is 4.79 Å². The summed E-state index contributed by atoms with van der Waals surface area (Å²) in [6.45, 7) is 0. The summed E-state index contributed by atoms with van der Waals surface area (Å²) in [5, 5.41) is 8.00. The van der Waals surface area contributed by atoms with Crippen LogP contribution in [-0.4, -0.2) is 11.2 Å². The first-order valence-corrected chi connectivity index (χ1v) is 4.60. The lowest BCUT2D eigenvalue weighted by Crippen LogP contribution is -2.30. The summed E-state index contributed by atoms with van der Waals surface area (Å²) in [5.41, 5.74) is 0. The van der Waals surface area contributed by atoms with Gasteiger partial charge in [0.05, 0.1) is 0 Å². The quantitative estimate of drug-likeness (QED) is 0.256. The van der Waals surface area contributed by atoms with Gasteiger partial charge in [0.25, 0.3) is 0 Å². The number of carbonyl (C=O) groups excluding carboxylic acids is 1. The smallest absolute Gasteiger partial charge is 0.416 e. The highest BCUT2D eigenvalue weighted by Crippen LogP contribution is 2.31. The number of carbonyl (C=O) groups is 1. The van der Waals surface area contributed by atoms with E-state index in [0.717, 1.165) is 0 Å². The van der Waals surface area contributed by atoms with Crippen LogP contribution < -0.4 is 9.99 Å². The maximum absolute atomic E-state index is 12.8. The molecule has 0 spiro atoms. The average molecular weight is 251 g/mol. The summed E-state index contributed by atoms with van der Waals surface area (Å²) < 4.78 is 33.4. The second-order valence-corrected chi connectivity index (χ2v) is 3.25. The monoisotopic (exact) mass is 251 g/mol. The van der Waals surface area contributed by atoms with E-state index >= 15 is 0 Å². The lowest BCUT2D eigenvalue weighted by atomic mass is 10.3. The molecule has 1 rings (SSSR count). The molecule has 8 heteroatoms. The highest BCUT2D eigenvalue weighted by molar-refractivity contribution is 7.96. The van der Waals surface area contributed by atoms with Gasteiger partial charge < -0.3 is 9.99 Å². The van der Waals surface area contributed by atoms with Crippen LogP contribution in [0.1, 0.15) is 0 Å². The van der Waals surface area contributed by atoms with E-state index in [1.54, 1.807) is 6.07 Å². The van der Waals surface area contributed by atoms with Crippen LogP contribution in [0.4, 0.5) is 8.78 Å². The van der Waals surface area contributed by atoms with Gasteiger partial charge in [-0.1, -0.05) is 18.2 Å². The molecule has 0 bridgehead atoms. The zero-order valence-corrected chi connectivity index (χ0v) is 8.41. The number of halogens is 2. The molecule has 0 atom stereocenters. The van der Waals surface area contributed by atoms with Crippen molar-refractivity contribution in [1.29, 1.82) is 0 Å². The van der Waals surface area contributed by atoms with Gasteiger partial charge in [-0.15, -0.1) is 0 Å². The summed E-state index contributed by atoms with van der Waals surface area (Å²) in [4.78, 5) is 10.9. The van der Waals surface area contributed by atoms with Crippen molar-refractivity contribution in [2.45, 2.75) is 5.25 Å². The Kier molecular flexibility index (Phi) is 4.62. The van der Waals surface area contributed by atoms with E-state index in [-0.39, 0.29) is 5.75 Å². The minimum Gasteiger partial charge on any atom is -0.691 e. The molecule has 0 N–H and O–H groups in total. The molecule has 0 saturated carbocycles. The van der Waals surface area contributed by atoms with Gasteiger partial charge in [-0.2, -0.15) is 13.1 Å². The fraction of sp³-hybridized carbons (Fsp3) is 0.125. The van der Waals surface area contributed by atoms with Gasteiger partial charge >= 0.3 is 11.2 Å². The van der Waals surface area contributed by atoms with Crippen molar-refractivity contribution in [3.8, 4) is 5.75 Å². The first kappa shape index (κ1) is 12.8. The van der Waals surface area contributed by atoms with E-state index in [0.29, 0.717) is 0 Å². The molecule has 1 aromatic rings. The van der Waals surface area contributed by atoms with E-state index in [9.17, 15) is 18.8 Å². The van der Waals surface area contributed by atoms with Gasteiger partial charge in [-0.05, 0) is 12.1 Å². The van der Waals surface area contributed by atoms with Crippen LogP contribution in [0.5, 0.6) is 5.75 Å². The Morgan fingerprint density at radius 1 is 1.31 bits per heavy atom. The molecule has 0 amide bonds. The number of benzene rings is 1. The van der Waals surface area contributed by atoms with Crippen LogP contribution in [0.25, 0.3) is 0 Å². The van der Waals surface area contributed by atoms with Crippen molar-refractivity contribution in [3.63, 3.8) is 0 Å². The van der Waals surface area contributed by atoms with Gasteiger partial charge in [0, 0.05) is 0 Å². The van der Waals surface area contributed by atoms with Crippen molar-refractivity contribution in [3.05, 3.63) is 30.3 Å². The Balaban J connectivity index is 2.58. The Morgan fingerprint density at radius 2 is 1.94 bits per heavy atom. The van der Waals surface area contributed by atoms with E-state index in [4.69, 9.17) is 0 Å². The second-order valence-electron chi connectivity index (χ2n) is 2.44. The van der Waals surface area contributed by atoms with Crippen LogP contribution in [0.15, 0.2) is 30.3 Å². The van der Waals surface area contributed by atoms with Gasteiger partial charge in [0.15, 0.2) is 0 Å². The van der Waals surface area contributed by atoms with Gasteiger partial charge in [-0.3, -0.25) is 5.04 Å². The first-order chi connectivity index (χ1) is 7.56. The average Bonchev–Trinajstić information content (AvgIpc) is 2.28. The Hall–Kier alpha value is -1.22. The summed E-state index contributed by atoms with van der Waals surface area (Å²) in [6.07, 6.45) is 0. The van der Waals surface area contributed by atoms with Crippen molar-refractivity contribution < 1.29 is 32.9 Å². The molecule has 0 aliphatic rings. The Bertz CT molecular complexity index is 346. The molecule has 0 fully saturated rings. The summed E-state index contributed by atoms with van der Waals surface area (Å²) in [6, 6.07) is 7.28. The number of hydrogen-bond acceptors (Lipinski definition) is 6. The van der Waals surface area contributed by atoms with E-state index in [1.807, 2.05) is 0 Å². The van der Waals surface area contributed by atoms with Gasteiger partial charge in [0.2, 0.25) is 0 Å². The summed E-state index contributed by atoms with van der Waals surface area (Å²) in [5.74, 6) is -1.91. The molecule has 0 saturated heterocycles. The normalized spacial score (nSPS) is 11.2. The Morgan fingerprint density at radius 3 is 2.50 bits per heavy atom. The predicted molar refractivity (Wildman–Crippen MR) is 46.8 cm³/mol. The lowest BCUT2D eigenvalue weighted by Gasteiger charge is -2.13. The molecule has 0 heterocycles. The SMILES string of the molecule is O=C(Oc1ccccc1)C(F)(F)SOO[O-]. The molecule has 5 nitrogen and oxygen atoms in total. The molecule has 0 aliphatic heterocycles. The van der Waals surface area contributed by atoms with E-state index < -0.39 is 23.3 Å². The number of ether oxygens (including phenoxy) is 1. The number of alkyl halides is 2. The maximum Gasteiger partial charge on any atom is 0.416 e. The van der Waals surface area contributed by atoms with Crippen molar-refractivity contribution in [1.82, 2.24) is 0 Å². The summed E-state index contributed by atoms with van der Waals surface area (Å²) >= 11 is -0.737. The number of esters is 1. The third-order valence-corrected chi connectivity index (χ3v) is 1.86. The number of hydrogen-bond donors (Lipinski definition) is 0. The lowest BCUT2D eigenvalue weighted by molar-refractivity contribution is -0.777. The molecule has 0 unspecified atom stereocenters. The molecule has 0 aliphatic carbocycles. The minimum absolute atomic E-state index is 0.0455. The number of para-hydroxylation sites is 1. The molecule has 0 radical (unpaired) electrons. The van der Waals surface area contributed by atoms with Crippen molar-refractivity contribution in [2.24, 2.45) is 0 Å². The molecule has 0 aromatic heterocycles. The second kappa shape index (κ2) is 5.75. The van der Waals surface area contributed by atoms with Crippen LogP contribution in [-0.2, 0) is 14.2 Å². The third kappa shape index (κ3) is 3.74. The highest BCUT2D eigenvalue weighted by Gasteiger charge is 2.44. The van der Waals surface area contributed by atoms with Gasteiger partial charge in [0.1, 0.15) is 17.8 Å². The third-order valence-electron chi connectivity index (χ3n) is 1.36. The van der Waals surface area contributed by atoms with E-state index in [2.05, 4.69) is 14.1 Å². The first-order valence-electron chi connectivity index (χ1n) is 3.86. The topological polar surface area (TPSA) is 67.8 Å². The molecule has 16 heavy (non-hydrogen) atoms. The Labute approximate surface area is 93.0 Å². The fourth-order valence-electron chi connectivity index (χ4n) is 0.746. The van der Waals surface area contributed by atoms with Crippen LogP contribution in [0.3, 0.4) is 0 Å². The summed E-state index contributed by atoms with van der Waals surface area (Å²) in [7, 11) is 0. The minimum atomic E-state index is -4.03. The molecular formula is C8H5F2O5S-. The van der Waals surface area contributed by atoms with Crippen molar-refractivity contribution >= 4 is 18.0 Å². The van der Waals surface area contributed by atoms with Crippen LogP contribution >= 0.6 is 12.0 Å². The number of rotatable bonds is 5.